The molecule has 2 N–H and O–H groups in total. The topological polar surface area (TPSA) is 111 Å². The van der Waals surface area contributed by atoms with Crippen LogP contribution >= 0.6 is 11.6 Å². The Kier molecular flexibility index (Phi) is 5.93. The number of hydrogen-bond acceptors (Lipinski definition) is 8. The Morgan fingerprint density at radius 3 is 2.41 bits per heavy atom. The number of hydrogen-bond donors (Lipinski definition) is 2. The Bertz CT molecular complexity index is 1070. The van der Waals surface area contributed by atoms with Crippen molar-refractivity contribution in [2.75, 3.05) is 24.9 Å². The molecule has 1 heterocycles. The zero-order valence-electron chi connectivity index (χ0n) is 15.3. The first-order valence-electron chi connectivity index (χ1n) is 8.13. The molecule has 2 aromatic carbocycles. The summed E-state index contributed by atoms with van der Waals surface area (Å²) in [5, 5.41) is 17.2. The van der Waals surface area contributed by atoms with Gasteiger partial charge in [-0.25, -0.2) is 14.4 Å². The third-order valence-electron chi connectivity index (χ3n) is 3.85. The normalized spacial score (nSPS) is 10.3. The van der Waals surface area contributed by atoms with Crippen molar-refractivity contribution in [3.63, 3.8) is 0 Å². The van der Waals surface area contributed by atoms with Crippen molar-refractivity contribution in [2.24, 2.45) is 0 Å². The van der Waals surface area contributed by atoms with Gasteiger partial charge < -0.3 is 20.1 Å². The van der Waals surface area contributed by atoms with Crippen LogP contribution in [0.1, 0.15) is 0 Å². The van der Waals surface area contributed by atoms with Crippen molar-refractivity contribution in [2.45, 2.75) is 0 Å². The van der Waals surface area contributed by atoms with E-state index in [0.717, 1.165) is 12.4 Å². The molecule has 29 heavy (non-hydrogen) atoms. The number of ether oxygens (including phenoxy) is 2. The van der Waals surface area contributed by atoms with E-state index in [0.29, 0.717) is 22.9 Å². The lowest BCUT2D eigenvalue weighted by atomic mass is 10.2. The maximum atomic E-state index is 13.4. The number of benzene rings is 2. The van der Waals surface area contributed by atoms with Crippen LogP contribution < -0.4 is 20.1 Å². The minimum absolute atomic E-state index is 0.0766. The molecule has 9 nitrogen and oxygen atoms in total. The fourth-order valence-electron chi connectivity index (χ4n) is 2.48. The largest absolute Gasteiger partial charge is 0.497 e. The minimum Gasteiger partial charge on any atom is -0.497 e. The highest BCUT2D eigenvalue weighted by molar-refractivity contribution is 6.31. The van der Waals surface area contributed by atoms with Gasteiger partial charge in [0.2, 0.25) is 11.6 Å². The molecule has 0 aliphatic rings. The van der Waals surface area contributed by atoms with E-state index in [1.165, 1.54) is 26.4 Å². The molecule has 0 saturated heterocycles. The van der Waals surface area contributed by atoms with Crippen LogP contribution in [0.25, 0.3) is 0 Å². The molecule has 11 heteroatoms. The van der Waals surface area contributed by atoms with Gasteiger partial charge in [0.25, 0.3) is 0 Å². The zero-order chi connectivity index (χ0) is 21.0. The average Bonchev–Trinajstić information content (AvgIpc) is 2.70. The van der Waals surface area contributed by atoms with E-state index < -0.39 is 16.4 Å². The molecular formula is C18H15ClFN5O4. The molecule has 0 amide bonds. The van der Waals surface area contributed by atoms with Gasteiger partial charge in [0.1, 0.15) is 23.6 Å². The first-order valence-corrected chi connectivity index (χ1v) is 8.51. The molecule has 150 valence electrons. The molecular weight excluding hydrogens is 405 g/mol. The highest BCUT2D eigenvalue weighted by atomic mass is 35.5. The molecule has 1 aromatic heterocycles. The minimum atomic E-state index is -0.636. The van der Waals surface area contributed by atoms with Crippen molar-refractivity contribution in [1.82, 2.24) is 9.97 Å². The second-order valence-electron chi connectivity index (χ2n) is 5.62. The monoisotopic (exact) mass is 419 g/mol. The Balaban J connectivity index is 2.01. The van der Waals surface area contributed by atoms with Gasteiger partial charge in [-0.3, -0.25) is 10.1 Å². The van der Waals surface area contributed by atoms with Crippen molar-refractivity contribution in [3.05, 3.63) is 63.7 Å². The second-order valence-corrected chi connectivity index (χ2v) is 6.03. The molecule has 0 saturated carbocycles. The number of aromatic nitrogens is 2. The van der Waals surface area contributed by atoms with E-state index in [2.05, 4.69) is 20.6 Å². The van der Waals surface area contributed by atoms with Gasteiger partial charge in [0.05, 0.1) is 29.9 Å². The van der Waals surface area contributed by atoms with E-state index in [4.69, 9.17) is 21.1 Å². The van der Waals surface area contributed by atoms with Crippen LogP contribution in [0.5, 0.6) is 11.5 Å². The van der Waals surface area contributed by atoms with Crippen LogP contribution in [0.3, 0.4) is 0 Å². The number of rotatable bonds is 7. The van der Waals surface area contributed by atoms with E-state index in [-0.39, 0.29) is 16.7 Å². The summed E-state index contributed by atoms with van der Waals surface area (Å²) in [7, 11) is 2.96. The molecule has 0 atom stereocenters. The van der Waals surface area contributed by atoms with Crippen LogP contribution in [0.4, 0.5) is 33.1 Å². The molecule has 0 aliphatic carbocycles. The van der Waals surface area contributed by atoms with Crippen LogP contribution in [0.15, 0.2) is 42.7 Å². The van der Waals surface area contributed by atoms with Gasteiger partial charge in [-0.1, -0.05) is 11.6 Å². The molecule has 3 aromatic rings. The van der Waals surface area contributed by atoms with Crippen LogP contribution in [-0.2, 0) is 0 Å². The number of nitrogens with one attached hydrogen (secondary N) is 2. The van der Waals surface area contributed by atoms with Gasteiger partial charge in [-0.05, 0) is 30.3 Å². The lowest BCUT2D eigenvalue weighted by molar-refractivity contribution is -0.383. The second kappa shape index (κ2) is 8.57. The predicted octanol–water partition coefficient (Wildman–Crippen LogP) is 4.68. The first-order chi connectivity index (χ1) is 13.9. The van der Waals surface area contributed by atoms with E-state index in [1.54, 1.807) is 18.2 Å². The number of methoxy groups -OCH3 is 2. The van der Waals surface area contributed by atoms with E-state index in [1.807, 2.05) is 0 Å². The number of nitrogens with zero attached hydrogens (tertiary/aromatic N) is 3. The number of halogens is 2. The van der Waals surface area contributed by atoms with Crippen molar-refractivity contribution in [1.29, 1.82) is 0 Å². The van der Waals surface area contributed by atoms with Gasteiger partial charge in [-0.15, -0.1) is 0 Å². The summed E-state index contributed by atoms with van der Waals surface area (Å²) >= 11 is 5.76. The Labute approximate surface area is 169 Å². The van der Waals surface area contributed by atoms with Crippen molar-refractivity contribution >= 4 is 40.3 Å². The maximum Gasteiger partial charge on any atom is 0.353 e. The highest BCUT2D eigenvalue weighted by Crippen LogP contribution is 2.37. The van der Waals surface area contributed by atoms with Gasteiger partial charge in [0.15, 0.2) is 0 Å². The molecule has 3 rings (SSSR count). The molecule has 0 aliphatic heterocycles. The summed E-state index contributed by atoms with van der Waals surface area (Å²) in [6.45, 7) is 0. The van der Waals surface area contributed by atoms with Crippen LogP contribution in [-0.4, -0.2) is 29.1 Å². The number of anilines is 4. The predicted molar refractivity (Wildman–Crippen MR) is 106 cm³/mol. The smallest absolute Gasteiger partial charge is 0.353 e. The molecule has 0 unspecified atom stereocenters. The van der Waals surface area contributed by atoms with Crippen LogP contribution in [0.2, 0.25) is 5.02 Å². The fraction of sp³-hybridized carbons (Fsp3) is 0.111. The standard InChI is InChI=1S/C18H15ClFN5O4/c1-28-11-4-6-15(29-2)14(8-11)24-18-16(25(26)27)17(21-9-22-18)23-10-3-5-13(20)12(19)7-10/h3-9H,1-2H3,(H2,21,22,23,24). The van der Waals surface area contributed by atoms with Crippen molar-refractivity contribution < 1.29 is 18.8 Å². The van der Waals surface area contributed by atoms with Gasteiger partial charge in [-0.2, -0.15) is 0 Å². The third kappa shape index (κ3) is 4.43. The summed E-state index contributed by atoms with van der Waals surface area (Å²) in [5.74, 6) is 0.161. The Morgan fingerprint density at radius 1 is 1.07 bits per heavy atom. The summed E-state index contributed by atoms with van der Waals surface area (Å²) < 4.78 is 23.8. The molecule has 0 fully saturated rings. The average molecular weight is 420 g/mol. The first kappa shape index (κ1) is 20.1. The Hall–Kier alpha value is -3.66. The summed E-state index contributed by atoms with van der Waals surface area (Å²) in [5.41, 5.74) is 0.311. The summed E-state index contributed by atoms with van der Waals surface area (Å²) in [4.78, 5) is 19.0. The van der Waals surface area contributed by atoms with Gasteiger partial charge >= 0.3 is 5.69 Å². The van der Waals surface area contributed by atoms with E-state index in [9.17, 15) is 14.5 Å². The SMILES string of the molecule is COc1ccc(OC)c(Nc2ncnc(Nc3ccc(F)c(Cl)c3)c2[N+](=O)[O-])c1. The zero-order valence-corrected chi connectivity index (χ0v) is 16.0. The summed E-state index contributed by atoms with van der Waals surface area (Å²) in [6, 6.07) is 8.75. The highest BCUT2D eigenvalue weighted by Gasteiger charge is 2.24. The molecule has 0 bridgehead atoms. The lowest BCUT2D eigenvalue weighted by Crippen LogP contribution is -2.06. The number of nitro groups is 1. The third-order valence-corrected chi connectivity index (χ3v) is 4.14. The summed E-state index contributed by atoms with van der Waals surface area (Å²) in [6.07, 6.45) is 1.15. The Morgan fingerprint density at radius 2 is 1.79 bits per heavy atom. The van der Waals surface area contributed by atoms with Crippen molar-refractivity contribution in [3.8, 4) is 11.5 Å². The fourth-order valence-corrected chi connectivity index (χ4v) is 2.67. The molecule has 0 spiro atoms. The lowest BCUT2D eigenvalue weighted by Gasteiger charge is -2.13. The van der Waals surface area contributed by atoms with Gasteiger partial charge in [0, 0.05) is 11.8 Å². The van der Waals surface area contributed by atoms with E-state index >= 15 is 0 Å². The van der Waals surface area contributed by atoms with Crippen LogP contribution in [0, 0.1) is 15.9 Å². The quantitative estimate of drug-likeness (QED) is 0.419. The molecule has 0 radical (unpaired) electrons. The maximum absolute atomic E-state index is 13.4.